The Kier molecular flexibility index (Phi) is 8.76. The molecule has 2 N–H and O–H groups in total. The Morgan fingerprint density at radius 1 is 1.40 bits per heavy atom. The fraction of sp³-hybridized carbons (Fsp3) is 0.900. The summed E-state index contributed by atoms with van der Waals surface area (Å²) in [6, 6.07) is 0. The molecule has 0 radical (unpaired) electrons. The number of halogens is 1. The number of ether oxygens (including phenoxy) is 1. The van der Waals surface area contributed by atoms with Crippen LogP contribution in [0.4, 0.5) is 0 Å². The number of carbonyl (C=O) groups excluding carboxylic acids is 1. The summed E-state index contributed by atoms with van der Waals surface area (Å²) in [6.07, 6.45) is 3.17. The van der Waals surface area contributed by atoms with Gasteiger partial charge in [-0.2, -0.15) is 0 Å². The lowest BCUT2D eigenvalue weighted by atomic mass is 10.4. The van der Waals surface area contributed by atoms with Gasteiger partial charge in [-0.25, -0.2) is 0 Å². The van der Waals surface area contributed by atoms with Crippen LogP contribution in [-0.2, 0) is 9.53 Å². The summed E-state index contributed by atoms with van der Waals surface area (Å²) >= 11 is 0. The van der Waals surface area contributed by atoms with Crippen LogP contribution in [0.3, 0.4) is 0 Å². The second kappa shape index (κ2) is 8.95. The lowest BCUT2D eigenvalue weighted by Crippen LogP contribution is -2.29. The second-order valence-electron chi connectivity index (χ2n) is 3.72. The van der Waals surface area contributed by atoms with Crippen LogP contribution < -0.4 is 10.6 Å². The summed E-state index contributed by atoms with van der Waals surface area (Å²) in [4.78, 5) is 11.1. The third-order valence-electron chi connectivity index (χ3n) is 2.22. The van der Waals surface area contributed by atoms with Gasteiger partial charge in [0.05, 0.1) is 6.61 Å². The number of nitrogens with one attached hydrogen (secondary N) is 2. The van der Waals surface area contributed by atoms with Crippen LogP contribution >= 0.6 is 12.4 Å². The topological polar surface area (TPSA) is 50.4 Å². The molecular formula is C10H21ClN2O2. The quantitative estimate of drug-likeness (QED) is 0.606. The van der Waals surface area contributed by atoms with Crippen LogP contribution in [-0.4, -0.2) is 39.3 Å². The van der Waals surface area contributed by atoms with E-state index in [1.165, 1.54) is 12.8 Å². The van der Waals surface area contributed by atoms with Crippen LogP contribution in [0.1, 0.15) is 19.3 Å². The van der Waals surface area contributed by atoms with E-state index in [1.807, 2.05) is 7.05 Å². The van der Waals surface area contributed by atoms with E-state index in [2.05, 4.69) is 10.6 Å². The molecule has 1 amide bonds. The fourth-order valence-corrected chi connectivity index (χ4v) is 1.12. The molecule has 0 aliphatic heterocycles. The first-order valence-corrected chi connectivity index (χ1v) is 5.32. The number of rotatable bonds is 8. The van der Waals surface area contributed by atoms with Crippen LogP contribution in [0.5, 0.6) is 0 Å². The number of hydrogen-bond acceptors (Lipinski definition) is 3. The molecule has 1 aliphatic rings. The smallest absolute Gasteiger partial charge is 0.221 e. The number of amides is 1. The lowest BCUT2D eigenvalue weighted by Gasteiger charge is -2.05. The van der Waals surface area contributed by atoms with Crippen molar-refractivity contribution in [3.63, 3.8) is 0 Å². The van der Waals surface area contributed by atoms with E-state index in [9.17, 15) is 4.79 Å². The van der Waals surface area contributed by atoms with Crippen molar-refractivity contribution in [1.29, 1.82) is 0 Å². The van der Waals surface area contributed by atoms with Gasteiger partial charge in [0.25, 0.3) is 0 Å². The summed E-state index contributed by atoms with van der Waals surface area (Å²) in [6.45, 7) is 2.87. The predicted molar refractivity (Wildman–Crippen MR) is 62.3 cm³/mol. The summed E-state index contributed by atoms with van der Waals surface area (Å²) < 4.78 is 5.38. The minimum atomic E-state index is 0. The Morgan fingerprint density at radius 3 is 2.73 bits per heavy atom. The zero-order chi connectivity index (χ0) is 10.2. The van der Waals surface area contributed by atoms with Crippen LogP contribution in [0.15, 0.2) is 0 Å². The number of carbonyl (C=O) groups is 1. The molecule has 0 aromatic heterocycles. The zero-order valence-corrected chi connectivity index (χ0v) is 10.1. The van der Waals surface area contributed by atoms with Crippen molar-refractivity contribution in [1.82, 2.24) is 10.6 Å². The molecule has 0 saturated heterocycles. The van der Waals surface area contributed by atoms with Gasteiger partial charge in [-0.15, -0.1) is 12.4 Å². The van der Waals surface area contributed by atoms with Gasteiger partial charge in [0.15, 0.2) is 0 Å². The molecule has 0 unspecified atom stereocenters. The first kappa shape index (κ1) is 14.7. The Hall–Kier alpha value is -0.320. The summed E-state index contributed by atoms with van der Waals surface area (Å²) in [5.74, 6) is 0.893. The highest BCUT2D eigenvalue weighted by atomic mass is 35.5. The van der Waals surface area contributed by atoms with Gasteiger partial charge in [0.2, 0.25) is 5.91 Å². The minimum absolute atomic E-state index is 0. The molecule has 0 bridgehead atoms. The van der Waals surface area contributed by atoms with Gasteiger partial charge in [0, 0.05) is 26.1 Å². The van der Waals surface area contributed by atoms with Gasteiger partial charge in [0.1, 0.15) is 0 Å². The van der Waals surface area contributed by atoms with Crippen LogP contribution in [0, 0.1) is 5.92 Å². The van der Waals surface area contributed by atoms with E-state index in [-0.39, 0.29) is 18.3 Å². The maximum absolute atomic E-state index is 11.1. The van der Waals surface area contributed by atoms with Crippen molar-refractivity contribution in [3.8, 4) is 0 Å². The molecule has 0 spiro atoms. The van der Waals surface area contributed by atoms with Crippen molar-refractivity contribution >= 4 is 18.3 Å². The Morgan fingerprint density at radius 2 is 2.13 bits per heavy atom. The SMILES string of the molecule is CNCCC(=O)NCCOCC1CC1.Cl. The molecule has 1 aliphatic carbocycles. The van der Waals surface area contributed by atoms with Gasteiger partial charge < -0.3 is 15.4 Å². The van der Waals surface area contributed by atoms with Crippen molar-refractivity contribution in [2.75, 3.05) is 33.4 Å². The summed E-state index contributed by atoms with van der Waals surface area (Å²) in [5.41, 5.74) is 0. The van der Waals surface area contributed by atoms with Gasteiger partial charge in [-0.05, 0) is 25.8 Å². The maximum Gasteiger partial charge on any atom is 0.221 e. The molecule has 0 atom stereocenters. The third-order valence-corrected chi connectivity index (χ3v) is 2.22. The molecule has 0 aromatic rings. The Labute approximate surface area is 97.5 Å². The molecule has 15 heavy (non-hydrogen) atoms. The summed E-state index contributed by atoms with van der Waals surface area (Å²) in [7, 11) is 1.84. The van der Waals surface area contributed by atoms with E-state index in [4.69, 9.17) is 4.74 Å². The lowest BCUT2D eigenvalue weighted by molar-refractivity contribution is -0.121. The van der Waals surface area contributed by atoms with E-state index < -0.39 is 0 Å². The minimum Gasteiger partial charge on any atom is -0.379 e. The highest BCUT2D eigenvalue weighted by Crippen LogP contribution is 2.28. The van der Waals surface area contributed by atoms with Crippen molar-refractivity contribution in [2.24, 2.45) is 5.92 Å². The van der Waals surface area contributed by atoms with E-state index in [0.717, 1.165) is 19.1 Å². The average molecular weight is 237 g/mol. The highest BCUT2D eigenvalue weighted by Gasteiger charge is 2.20. The second-order valence-corrected chi connectivity index (χ2v) is 3.72. The molecule has 1 saturated carbocycles. The highest BCUT2D eigenvalue weighted by molar-refractivity contribution is 5.85. The van der Waals surface area contributed by atoms with E-state index in [1.54, 1.807) is 0 Å². The molecule has 5 heteroatoms. The fourth-order valence-electron chi connectivity index (χ4n) is 1.12. The molecular weight excluding hydrogens is 216 g/mol. The Bertz CT molecular complexity index is 175. The molecule has 90 valence electrons. The summed E-state index contributed by atoms with van der Waals surface area (Å²) in [5, 5.41) is 5.74. The Balaban J connectivity index is 0.00000196. The van der Waals surface area contributed by atoms with Crippen molar-refractivity contribution in [3.05, 3.63) is 0 Å². The maximum atomic E-state index is 11.1. The van der Waals surface area contributed by atoms with Crippen molar-refractivity contribution < 1.29 is 9.53 Å². The van der Waals surface area contributed by atoms with Crippen molar-refractivity contribution in [2.45, 2.75) is 19.3 Å². The van der Waals surface area contributed by atoms with E-state index >= 15 is 0 Å². The first-order chi connectivity index (χ1) is 6.83. The van der Waals surface area contributed by atoms with Gasteiger partial charge >= 0.3 is 0 Å². The normalized spacial score (nSPS) is 14.5. The molecule has 1 rings (SSSR count). The van der Waals surface area contributed by atoms with Crippen LogP contribution in [0.2, 0.25) is 0 Å². The zero-order valence-electron chi connectivity index (χ0n) is 9.25. The average Bonchev–Trinajstić information content (AvgIpc) is 2.98. The largest absolute Gasteiger partial charge is 0.379 e. The molecule has 0 heterocycles. The van der Waals surface area contributed by atoms with Gasteiger partial charge in [-0.1, -0.05) is 0 Å². The van der Waals surface area contributed by atoms with Crippen LogP contribution in [0.25, 0.3) is 0 Å². The van der Waals surface area contributed by atoms with Gasteiger partial charge in [-0.3, -0.25) is 4.79 Å². The predicted octanol–water partition coefficient (Wildman–Crippen LogP) is 0.560. The first-order valence-electron chi connectivity index (χ1n) is 5.32. The molecule has 4 nitrogen and oxygen atoms in total. The standard InChI is InChI=1S/C10H20N2O2.ClH/c1-11-5-4-10(13)12-6-7-14-8-9-2-3-9;/h9,11H,2-8H2,1H3,(H,12,13);1H. The molecule has 0 aromatic carbocycles. The number of hydrogen-bond donors (Lipinski definition) is 2. The third kappa shape index (κ3) is 8.66. The molecule has 1 fully saturated rings. The monoisotopic (exact) mass is 236 g/mol. The van der Waals surface area contributed by atoms with E-state index in [0.29, 0.717) is 19.6 Å².